The Balaban J connectivity index is 1.48. The molecule has 3 aliphatic rings. The van der Waals surface area contributed by atoms with E-state index in [1.807, 2.05) is 0 Å². The molecule has 1 aromatic rings. The molecule has 1 unspecified atom stereocenters. The molecule has 0 amide bonds. The monoisotopic (exact) mass is 257 g/mol. The van der Waals surface area contributed by atoms with Gasteiger partial charge >= 0.3 is 0 Å². The van der Waals surface area contributed by atoms with E-state index in [4.69, 9.17) is 0 Å². The number of benzene rings is 1. The first-order valence-electron chi connectivity index (χ1n) is 7.79. The van der Waals surface area contributed by atoms with Crippen LogP contribution in [0.15, 0.2) is 18.2 Å². The van der Waals surface area contributed by atoms with Crippen LogP contribution < -0.4 is 0 Å². The van der Waals surface area contributed by atoms with Gasteiger partial charge in [-0.05, 0) is 55.2 Å². The van der Waals surface area contributed by atoms with E-state index in [-0.39, 0.29) is 0 Å². The minimum absolute atomic E-state index is 0.477. The number of hydrogen-bond acceptors (Lipinski definition) is 2. The zero-order valence-corrected chi connectivity index (χ0v) is 11.6. The van der Waals surface area contributed by atoms with Gasteiger partial charge in [-0.2, -0.15) is 0 Å². The van der Waals surface area contributed by atoms with Crippen molar-refractivity contribution in [2.75, 3.05) is 13.1 Å². The van der Waals surface area contributed by atoms with Crippen molar-refractivity contribution in [3.05, 3.63) is 34.9 Å². The van der Waals surface area contributed by atoms with Crippen molar-refractivity contribution < 1.29 is 5.11 Å². The molecule has 2 heteroatoms. The summed E-state index contributed by atoms with van der Waals surface area (Å²) < 4.78 is 0. The van der Waals surface area contributed by atoms with E-state index in [0.717, 1.165) is 32.0 Å². The van der Waals surface area contributed by atoms with Crippen LogP contribution in [0.3, 0.4) is 0 Å². The lowest BCUT2D eigenvalue weighted by atomic mass is 9.92. The lowest BCUT2D eigenvalue weighted by Gasteiger charge is -2.24. The Morgan fingerprint density at radius 2 is 2.05 bits per heavy atom. The minimum atomic E-state index is -0.477. The van der Waals surface area contributed by atoms with Crippen molar-refractivity contribution in [1.82, 2.24) is 4.90 Å². The number of fused-ring (bicyclic) bond motifs is 1. The number of hydrogen-bond donors (Lipinski definition) is 1. The molecule has 1 aromatic carbocycles. The largest absolute Gasteiger partial charge is 0.388 e. The predicted octanol–water partition coefficient (Wildman–Crippen LogP) is 2.32. The quantitative estimate of drug-likeness (QED) is 0.898. The standard InChI is InChI=1S/C17H23NO/c19-17(8-9-18(12-17)16-6-7-16)11-13-4-5-14-2-1-3-15(14)10-13/h4-5,10,16,19H,1-3,6-9,11-12H2. The maximum absolute atomic E-state index is 10.8. The van der Waals surface area contributed by atoms with E-state index in [2.05, 4.69) is 23.1 Å². The molecule has 1 aliphatic heterocycles. The van der Waals surface area contributed by atoms with Gasteiger partial charge in [0.2, 0.25) is 0 Å². The fourth-order valence-corrected chi connectivity index (χ4v) is 3.90. The summed E-state index contributed by atoms with van der Waals surface area (Å²) in [4.78, 5) is 2.49. The second-order valence-corrected chi connectivity index (χ2v) is 6.81. The molecule has 1 saturated heterocycles. The smallest absolute Gasteiger partial charge is 0.0826 e. The topological polar surface area (TPSA) is 23.5 Å². The number of likely N-dealkylation sites (tertiary alicyclic amines) is 1. The Morgan fingerprint density at radius 3 is 2.89 bits per heavy atom. The average Bonchev–Trinajstić information content (AvgIpc) is 3.02. The summed E-state index contributed by atoms with van der Waals surface area (Å²) >= 11 is 0. The molecule has 0 radical (unpaired) electrons. The second kappa shape index (κ2) is 4.32. The van der Waals surface area contributed by atoms with E-state index < -0.39 is 5.60 Å². The molecule has 2 aliphatic carbocycles. The Morgan fingerprint density at radius 1 is 1.21 bits per heavy atom. The van der Waals surface area contributed by atoms with E-state index in [9.17, 15) is 5.11 Å². The van der Waals surface area contributed by atoms with E-state index in [1.165, 1.54) is 48.8 Å². The van der Waals surface area contributed by atoms with Gasteiger partial charge in [0.15, 0.2) is 0 Å². The minimum Gasteiger partial charge on any atom is -0.388 e. The maximum atomic E-state index is 10.8. The zero-order chi connectivity index (χ0) is 12.9. The van der Waals surface area contributed by atoms with Gasteiger partial charge in [-0.25, -0.2) is 0 Å². The molecule has 1 atom stereocenters. The zero-order valence-electron chi connectivity index (χ0n) is 11.6. The van der Waals surface area contributed by atoms with Crippen molar-refractivity contribution in [3.63, 3.8) is 0 Å². The van der Waals surface area contributed by atoms with Crippen LogP contribution in [0.5, 0.6) is 0 Å². The van der Waals surface area contributed by atoms with Crippen molar-refractivity contribution in [1.29, 1.82) is 0 Å². The van der Waals surface area contributed by atoms with Crippen LogP contribution >= 0.6 is 0 Å². The fourth-order valence-electron chi connectivity index (χ4n) is 3.90. The van der Waals surface area contributed by atoms with Gasteiger partial charge in [-0.15, -0.1) is 0 Å². The molecule has 1 N–H and O–H groups in total. The maximum Gasteiger partial charge on any atom is 0.0826 e. The van der Waals surface area contributed by atoms with Crippen LogP contribution in [0.25, 0.3) is 0 Å². The first kappa shape index (κ1) is 11.9. The molecule has 0 aromatic heterocycles. The molecule has 19 heavy (non-hydrogen) atoms. The fraction of sp³-hybridized carbons (Fsp3) is 0.647. The highest BCUT2D eigenvalue weighted by Gasteiger charge is 2.41. The molecule has 1 saturated carbocycles. The molecule has 0 spiro atoms. The molecular formula is C17H23NO. The Labute approximate surface area is 115 Å². The summed E-state index contributed by atoms with van der Waals surface area (Å²) in [6.07, 6.45) is 8.25. The van der Waals surface area contributed by atoms with Crippen LogP contribution in [0.1, 0.15) is 42.4 Å². The van der Waals surface area contributed by atoms with Crippen LogP contribution in [0.4, 0.5) is 0 Å². The highest BCUT2D eigenvalue weighted by Crippen LogP contribution is 2.35. The summed E-state index contributed by atoms with van der Waals surface area (Å²) in [5.41, 5.74) is 3.91. The summed E-state index contributed by atoms with van der Waals surface area (Å²) in [6.45, 7) is 1.97. The molecular weight excluding hydrogens is 234 g/mol. The Hall–Kier alpha value is -0.860. The molecule has 0 bridgehead atoms. The van der Waals surface area contributed by atoms with Gasteiger partial charge in [0.25, 0.3) is 0 Å². The number of rotatable bonds is 3. The molecule has 1 heterocycles. The molecule has 2 fully saturated rings. The number of aliphatic hydroxyl groups is 1. The lowest BCUT2D eigenvalue weighted by molar-refractivity contribution is 0.0487. The summed E-state index contributed by atoms with van der Waals surface area (Å²) in [7, 11) is 0. The first-order chi connectivity index (χ1) is 9.22. The van der Waals surface area contributed by atoms with E-state index >= 15 is 0 Å². The van der Waals surface area contributed by atoms with Gasteiger partial charge in [0.05, 0.1) is 5.60 Å². The highest BCUT2D eigenvalue weighted by molar-refractivity contribution is 5.36. The highest BCUT2D eigenvalue weighted by atomic mass is 16.3. The van der Waals surface area contributed by atoms with Gasteiger partial charge < -0.3 is 5.11 Å². The van der Waals surface area contributed by atoms with Crippen molar-refractivity contribution >= 4 is 0 Å². The third kappa shape index (κ3) is 2.32. The van der Waals surface area contributed by atoms with Gasteiger partial charge in [-0.3, -0.25) is 4.90 Å². The third-order valence-corrected chi connectivity index (χ3v) is 5.12. The van der Waals surface area contributed by atoms with E-state index in [0.29, 0.717) is 0 Å². The second-order valence-electron chi connectivity index (χ2n) is 6.81. The third-order valence-electron chi connectivity index (χ3n) is 5.12. The number of β-amino-alcohol motifs (C(OH)–C–C–N with tert-alkyl or cyclic N) is 1. The molecule has 102 valence electrons. The van der Waals surface area contributed by atoms with Crippen LogP contribution in [0.2, 0.25) is 0 Å². The summed E-state index contributed by atoms with van der Waals surface area (Å²) in [5, 5.41) is 10.8. The van der Waals surface area contributed by atoms with Crippen LogP contribution in [0, 0.1) is 0 Å². The normalized spacial score (nSPS) is 30.8. The summed E-state index contributed by atoms with van der Waals surface area (Å²) in [5.74, 6) is 0. The Kier molecular flexibility index (Phi) is 2.71. The predicted molar refractivity (Wildman–Crippen MR) is 76.3 cm³/mol. The van der Waals surface area contributed by atoms with Crippen molar-refractivity contribution in [3.8, 4) is 0 Å². The van der Waals surface area contributed by atoms with Gasteiger partial charge in [0.1, 0.15) is 0 Å². The van der Waals surface area contributed by atoms with Crippen LogP contribution in [-0.2, 0) is 19.3 Å². The number of nitrogens with zero attached hydrogens (tertiary/aromatic N) is 1. The SMILES string of the molecule is OC1(Cc2ccc3c(c2)CCC3)CCN(C2CC2)C1. The van der Waals surface area contributed by atoms with Crippen molar-refractivity contribution in [2.45, 2.75) is 56.6 Å². The first-order valence-corrected chi connectivity index (χ1v) is 7.79. The number of aryl methyl sites for hydroxylation is 2. The average molecular weight is 257 g/mol. The molecule has 4 rings (SSSR count). The summed E-state index contributed by atoms with van der Waals surface area (Å²) in [6, 6.07) is 7.66. The van der Waals surface area contributed by atoms with Crippen molar-refractivity contribution in [2.24, 2.45) is 0 Å². The van der Waals surface area contributed by atoms with Gasteiger partial charge in [0, 0.05) is 25.6 Å². The van der Waals surface area contributed by atoms with Crippen LogP contribution in [-0.4, -0.2) is 34.7 Å². The van der Waals surface area contributed by atoms with E-state index in [1.54, 1.807) is 0 Å². The molecule has 2 nitrogen and oxygen atoms in total. The Bertz CT molecular complexity index is 494. The van der Waals surface area contributed by atoms with Gasteiger partial charge in [-0.1, -0.05) is 18.2 Å². The lowest BCUT2D eigenvalue weighted by Crippen LogP contribution is -2.36.